The van der Waals surface area contributed by atoms with Crippen molar-refractivity contribution in [3.05, 3.63) is 80.4 Å². The molecule has 2 N–H and O–H groups in total. The number of rotatable bonds is 3. The van der Waals surface area contributed by atoms with Crippen molar-refractivity contribution in [3.8, 4) is 0 Å². The normalized spacial score (nSPS) is 23.0. The smallest absolute Gasteiger partial charge is 0.337 e. The monoisotopic (exact) mass is 370 g/mol. The highest BCUT2D eigenvalue weighted by atomic mass is 35.5. The van der Waals surface area contributed by atoms with Crippen molar-refractivity contribution < 1.29 is 14.8 Å². The Morgan fingerprint density at radius 2 is 1.96 bits per heavy atom. The fourth-order valence-corrected chi connectivity index (χ4v) is 4.15. The van der Waals surface area contributed by atoms with Crippen molar-refractivity contribution in [1.82, 2.24) is 0 Å². The number of allylic oxidation sites excluding steroid dienone is 2. The fourth-order valence-electron chi connectivity index (χ4n) is 4.03. The molecular weight excluding hydrogens is 356 g/mol. The van der Waals surface area contributed by atoms with Gasteiger partial charge in [0, 0.05) is 17.0 Å². The summed E-state index contributed by atoms with van der Waals surface area (Å²) in [6, 6.07) is 9.81. The molecule has 1 aliphatic heterocycles. The molecule has 3 atom stereocenters. The highest BCUT2D eigenvalue weighted by Crippen LogP contribution is 2.53. The Morgan fingerprint density at radius 1 is 1.23 bits per heavy atom. The van der Waals surface area contributed by atoms with Crippen LogP contribution in [0.4, 0.5) is 11.4 Å². The molecule has 0 spiro atoms. The van der Waals surface area contributed by atoms with E-state index in [-0.39, 0.29) is 29.1 Å². The number of nitrogens with zero attached hydrogens (tertiary/aromatic N) is 1. The average molecular weight is 371 g/mol. The number of nitrogens with one attached hydrogen (secondary N) is 1. The minimum atomic E-state index is -1.11. The molecule has 26 heavy (non-hydrogen) atoms. The van der Waals surface area contributed by atoms with E-state index >= 15 is 0 Å². The predicted octanol–water partition coefficient (Wildman–Crippen LogP) is 4.77. The van der Waals surface area contributed by atoms with Gasteiger partial charge in [0.15, 0.2) is 0 Å². The van der Waals surface area contributed by atoms with Crippen molar-refractivity contribution >= 4 is 28.9 Å². The lowest BCUT2D eigenvalue weighted by Gasteiger charge is -2.37. The topological polar surface area (TPSA) is 92.5 Å². The van der Waals surface area contributed by atoms with E-state index in [9.17, 15) is 20.0 Å². The zero-order chi connectivity index (χ0) is 18.4. The number of benzene rings is 2. The number of hydrogen-bond acceptors (Lipinski definition) is 4. The van der Waals surface area contributed by atoms with E-state index < -0.39 is 10.9 Å². The predicted molar refractivity (Wildman–Crippen MR) is 97.9 cm³/mol. The molecule has 7 heteroatoms. The standard InChI is InChI=1S/C19H15ClN2O4/c20-11-6-4-10(5-7-11)17-13-3-1-2-12(13)16-15(22(25)26)9-8-14(19(23)24)18(16)21-17/h1-2,4-9,12-13,17,21H,3H2,(H,23,24)/t12-,13+,17+/m1/s1. The highest BCUT2D eigenvalue weighted by Gasteiger charge is 2.43. The van der Waals surface area contributed by atoms with Gasteiger partial charge in [0.25, 0.3) is 5.69 Å². The molecule has 2 aromatic carbocycles. The molecule has 0 amide bonds. The molecule has 0 bridgehead atoms. The molecule has 4 rings (SSSR count). The first-order valence-electron chi connectivity index (χ1n) is 8.20. The third kappa shape index (κ3) is 2.54. The van der Waals surface area contributed by atoms with Crippen LogP contribution in [0.25, 0.3) is 0 Å². The van der Waals surface area contributed by atoms with Crippen LogP contribution in [0.1, 0.15) is 39.9 Å². The Hall–Kier alpha value is -2.86. The van der Waals surface area contributed by atoms with Gasteiger partial charge in [-0.2, -0.15) is 0 Å². The maximum atomic E-state index is 11.7. The summed E-state index contributed by atoms with van der Waals surface area (Å²) < 4.78 is 0. The molecule has 0 saturated carbocycles. The van der Waals surface area contributed by atoms with Crippen molar-refractivity contribution in [2.75, 3.05) is 5.32 Å². The van der Waals surface area contributed by atoms with Gasteiger partial charge in [-0.3, -0.25) is 10.1 Å². The Morgan fingerprint density at radius 3 is 2.62 bits per heavy atom. The first-order valence-corrected chi connectivity index (χ1v) is 8.58. The van der Waals surface area contributed by atoms with Gasteiger partial charge in [-0.25, -0.2) is 4.79 Å². The van der Waals surface area contributed by atoms with E-state index in [0.29, 0.717) is 16.3 Å². The molecule has 0 unspecified atom stereocenters. The van der Waals surface area contributed by atoms with Gasteiger partial charge in [0.1, 0.15) is 0 Å². The van der Waals surface area contributed by atoms with Crippen molar-refractivity contribution in [3.63, 3.8) is 0 Å². The maximum absolute atomic E-state index is 11.7. The van der Waals surface area contributed by atoms with Gasteiger partial charge in [0.2, 0.25) is 0 Å². The quantitative estimate of drug-likeness (QED) is 0.461. The number of fused-ring (bicyclic) bond motifs is 3. The molecule has 0 aromatic heterocycles. The number of carboxylic acids is 1. The van der Waals surface area contributed by atoms with Crippen molar-refractivity contribution in [2.24, 2.45) is 5.92 Å². The van der Waals surface area contributed by atoms with E-state index in [2.05, 4.69) is 5.32 Å². The van der Waals surface area contributed by atoms with Crippen LogP contribution >= 0.6 is 11.6 Å². The van der Waals surface area contributed by atoms with Crippen LogP contribution in [0.3, 0.4) is 0 Å². The number of nitro benzene ring substituents is 1. The van der Waals surface area contributed by atoms with E-state index in [1.54, 1.807) is 12.1 Å². The number of carboxylic acid groups (broad SMARTS) is 1. The summed E-state index contributed by atoms with van der Waals surface area (Å²) in [5.41, 5.74) is 1.76. The number of aromatic carboxylic acids is 1. The molecule has 0 fully saturated rings. The van der Waals surface area contributed by atoms with Gasteiger partial charge in [-0.05, 0) is 36.1 Å². The van der Waals surface area contributed by atoms with E-state index in [0.717, 1.165) is 12.0 Å². The summed E-state index contributed by atoms with van der Waals surface area (Å²) in [6.45, 7) is 0. The first-order chi connectivity index (χ1) is 12.5. The zero-order valence-electron chi connectivity index (χ0n) is 13.6. The summed E-state index contributed by atoms with van der Waals surface area (Å²) in [4.78, 5) is 22.8. The maximum Gasteiger partial charge on any atom is 0.337 e. The molecule has 2 aliphatic rings. The number of nitro groups is 1. The van der Waals surface area contributed by atoms with Crippen LogP contribution in [0.2, 0.25) is 5.02 Å². The number of hydrogen-bond donors (Lipinski definition) is 2. The third-order valence-corrected chi connectivity index (χ3v) is 5.40. The SMILES string of the molecule is O=C(O)c1ccc([N+](=O)[O-])c2c1N[C@@H](c1ccc(Cl)cc1)[C@H]1CC=C[C@@H]21. The van der Waals surface area contributed by atoms with Gasteiger partial charge >= 0.3 is 5.97 Å². The summed E-state index contributed by atoms with van der Waals surface area (Å²) >= 11 is 5.98. The zero-order valence-corrected chi connectivity index (χ0v) is 14.3. The number of carbonyl (C=O) groups is 1. The fraction of sp³-hybridized carbons (Fsp3) is 0.211. The highest BCUT2D eigenvalue weighted by molar-refractivity contribution is 6.30. The largest absolute Gasteiger partial charge is 0.478 e. The van der Waals surface area contributed by atoms with Crippen LogP contribution in [0.15, 0.2) is 48.6 Å². The van der Waals surface area contributed by atoms with Crippen LogP contribution in [-0.4, -0.2) is 16.0 Å². The number of halogens is 1. The van der Waals surface area contributed by atoms with Crippen LogP contribution < -0.4 is 5.32 Å². The van der Waals surface area contributed by atoms with Crippen molar-refractivity contribution in [1.29, 1.82) is 0 Å². The molecule has 0 radical (unpaired) electrons. The Bertz CT molecular complexity index is 939. The van der Waals surface area contributed by atoms with Crippen LogP contribution in [0, 0.1) is 16.0 Å². The van der Waals surface area contributed by atoms with Crippen LogP contribution in [0.5, 0.6) is 0 Å². The summed E-state index contributed by atoms with van der Waals surface area (Å²) in [5, 5.41) is 25.0. The lowest BCUT2D eigenvalue weighted by molar-refractivity contribution is -0.385. The third-order valence-electron chi connectivity index (χ3n) is 5.15. The summed E-state index contributed by atoms with van der Waals surface area (Å²) in [5.74, 6) is -1.24. The Kier molecular flexibility index (Phi) is 3.92. The number of anilines is 1. The van der Waals surface area contributed by atoms with Crippen molar-refractivity contribution in [2.45, 2.75) is 18.4 Å². The molecule has 1 heterocycles. The summed E-state index contributed by atoms with van der Waals surface area (Å²) in [6.07, 6.45) is 4.72. The summed E-state index contributed by atoms with van der Waals surface area (Å²) in [7, 11) is 0. The second-order valence-corrected chi connectivity index (χ2v) is 6.95. The molecule has 0 saturated heterocycles. The molecular formula is C19H15ClN2O4. The molecule has 1 aliphatic carbocycles. The average Bonchev–Trinajstić information content (AvgIpc) is 3.10. The van der Waals surface area contributed by atoms with Gasteiger partial charge in [-0.1, -0.05) is 35.9 Å². The Balaban J connectivity index is 1.91. The molecule has 6 nitrogen and oxygen atoms in total. The Labute approximate surface area is 154 Å². The second-order valence-electron chi connectivity index (χ2n) is 6.51. The van der Waals surface area contributed by atoms with Gasteiger partial charge in [-0.15, -0.1) is 0 Å². The second kappa shape index (κ2) is 6.14. The molecule has 2 aromatic rings. The minimum absolute atomic E-state index is 0.0447. The van der Waals surface area contributed by atoms with Crippen LogP contribution in [-0.2, 0) is 0 Å². The first kappa shape index (κ1) is 16.6. The minimum Gasteiger partial charge on any atom is -0.478 e. The molecule has 132 valence electrons. The van der Waals surface area contributed by atoms with Gasteiger partial charge in [0.05, 0.1) is 27.8 Å². The van der Waals surface area contributed by atoms with Gasteiger partial charge < -0.3 is 10.4 Å². The van der Waals surface area contributed by atoms with E-state index in [1.807, 2.05) is 24.3 Å². The lowest BCUT2D eigenvalue weighted by atomic mass is 9.75. The lowest BCUT2D eigenvalue weighted by Crippen LogP contribution is -2.31. The van der Waals surface area contributed by atoms with E-state index in [1.165, 1.54) is 12.1 Å². The van der Waals surface area contributed by atoms with E-state index in [4.69, 9.17) is 11.6 Å².